The topological polar surface area (TPSA) is 29.1 Å². The summed E-state index contributed by atoms with van der Waals surface area (Å²) in [5.41, 5.74) is 1.01. The van der Waals surface area contributed by atoms with Gasteiger partial charge in [0, 0.05) is 34.4 Å². The Kier molecular flexibility index (Phi) is 3.17. The fraction of sp³-hybridized carbons (Fsp3) is 0.455. The maximum atomic E-state index is 12.7. The predicted octanol–water partition coefficient (Wildman–Crippen LogP) is 1.61. The van der Waals surface area contributed by atoms with Gasteiger partial charge in [0.1, 0.15) is 5.82 Å². The van der Waals surface area contributed by atoms with E-state index in [1.165, 1.54) is 12.1 Å². The summed E-state index contributed by atoms with van der Waals surface area (Å²) in [6, 6.07) is 6.48. The summed E-state index contributed by atoms with van der Waals surface area (Å²) in [4.78, 5) is 0. The molecule has 0 aliphatic carbocycles. The van der Waals surface area contributed by atoms with Crippen molar-refractivity contribution in [3.8, 4) is 0 Å². The number of hydrogen-bond donors (Lipinski definition) is 1. The molecule has 1 saturated heterocycles. The molecule has 3 atom stereocenters. The molecule has 0 aromatic heterocycles. The highest BCUT2D eigenvalue weighted by Gasteiger charge is 2.24. The molecule has 0 bridgehead atoms. The number of hydrogen-bond acceptors (Lipinski definition) is 2. The molecule has 82 valence electrons. The summed E-state index contributed by atoms with van der Waals surface area (Å²) in [5.74, 6) is 0.385. The molecule has 1 aliphatic heterocycles. The Morgan fingerprint density at radius 2 is 2.07 bits per heavy atom. The van der Waals surface area contributed by atoms with Gasteiger partial charge in [-0.1, -0.05) is 12.1 Å². The van der Waals surface area contributed by atoms with E-state index in [-0.39, 0.29) is 17.1 Å². The smallest absolute Gasteiger partial charge is 0.123 e. The van der Waals surface area contributed by atoms with Crippen LogP contribution in [0.3, 0.4) is 0 Å². The monoisotopic (exact) mass is 227 g/mol. The van der Waals surface area contributed by atoms with Gasteiger partial charge < -0.3 is 5.32 Å². The Labute approximate surface area is 91.3 Å². The fourth-order valence-corrected chi connectivity index (χ4v) is 2.95. The lowest BCUT2D eigenvalue weighted by Gasteiger charge is -2.27. The normalized spacial score (nSPS) is 31.5. The van der Waals surface area contributed by atoms with Crippen molar-refractivity contribution in [2.75, 3.05) is 12.3 Å². The molecule has 1 aromatic carbocycles. The van der Waals surface area contributed by atoms with Crippen LogP contribution in [0.5, 0.6) is 0 Å². The zero-order valence-corrected chi connectivity index (χ0v) is 9.39. The van der Waals surface area contributed by atoms with Gasteiger partial charge in [0.2, 0.25) is 0 Å². The molecule has 0 saturated carbocycles. The Morgan fingerprint density at radius 3 is 2.67 bits per heavy atom. The second kappa shape index (κ2) is 4.41. The average molecular weight is 227 g/mol. The second-order valence-electron chi connectivity index (χ2n) is 3.87. The van der Waals surface area contributed by atoms with Gasteiger partial charge in [0.05, 0.1) is 0 Å². The van der Waals surface area contributed by atoms with Crippen LogP contribution in [0.1, 0.15) is 18.5 Å². The van der Waals surface area contributed by atoms with E-state index in [0.717, 1.165) is 12.1 Å². The molecule has 15 heavy (non-hydrogen) atoms. The van der Waals surface area contributed by atoms with Crippen LogP contribution in [-0.4, -0.2) is 21.8 Å². The minimum absolute atomic E-state index is 0.0997. The lowest BCUT2D eigenvalue weighted by Crippen LogP contribution is -2.41. The van der Waals surface area contributed by atoms with Gasteiger partial charge in [-0.3, -0.25) is 4.21 Å². The van der Waals surface area contributed by atoms with Crippen molar-refractivity contribution in [3.05, 3.63) is 35.6 Å². The number of benzene rings is 1. The molecule has 1 N–H and O–H groups in total. The summed E-state index contributed by atoms with van der Waals surface area (Å²) >= 11 is 0. The molecule has 0 spiro atoms. The van der Waals surface area contributed by atoms with Crippen molar-refractivity contribution in [2.24, 2.45) is 0 Å². The summed E-state index contributed by atoms with van der Waals surface area (Å²) in [7, 11) is -0.777. The summed E-state index contributed by atoms with van der Waals surface area (Å²) < 4.78 is 24.4. The zero-order chi connectivity index (χ0) is 10.8. The standard InChI is InChI=1S/C11H14FNOS/c1-8-6-13-11(7-15(8)14)9-2-4-10(12)5-3-9/h2-5,8,11,13H,6-7H2,1H3. The van der Waals surface area contributed by atoms with E-state index in [2.05, 4.69) is 5.32 Å². The lowest BCUT2D eigenvalue weighted by molar-refractivity contribution is 0.539. The average Bonchev–Trinajstić information content (AvgIpc) is 2.23. The van der Waals surface area contributed by atoms with Crippen molar-refractivity contribution < 1.29 is 8.60 Å². The number of rotatable bonds is 1. The molecule has 2 rings (SSSR count). The first-order valence-corrected chi connectivity index (χ1v) is 6.41. The van der Waals surface area contributed by atoms with E-state index in [0.29, 0.717) is 5.75 Å². The highest BCUT2D eigenvalue weighted by Crippen LogP contribution is 2.19. The molecule has 4 heteroatoms. The summed E-state index contributed by atoms with van der Waals surface area (Å²) in [6.07, 6.45) is 0. The van der Waals surface area contributed by atoms with E-state index >= 15 is 0 Å². The number of halogens is 1. The van der Waals surface area contributed by atoms with Gasteiger partial charge in [-0.25, -0.2) is 4.39 Å². The van der Waals surface area contributed by atoms with Crippen LogP contribution in [0.2, 0.25) is 0 Å². The van der Waals surface area contributed by atoms with Gasteiger partial charge >= 0.3 is 0 Å². The van der Waals surface area contributed by atoms with Crippen LogP contribution in [0.25, 0.3) is 0 Å². The van der Waals surface area contributed by atoms with Gasteiger partial charge in [0.25, 0.3) is 0 Å². The van der Waals surface area contributed by atoms with E-state index in [1.54, 1.807) is 12.1 Å². The number of nitrogens with one attached hydrogen (secondary N) is 1. The first kappa shape index (κ1) is 10.8. The van der Waals surface area contributed by atoms with Crippen molar-refractivity contribution in [2.45, 2.75) is 18.2 Å². The molecular weight excluding hydrogens is 213 g/mol. The SMILES string of the molecule is CC1CNC(c2ccc(F)cc2)CS1=O. The molecule has 0 amide bonds. The molecular formula is C11H14FNOS. The van der Waals surface area contributed by atoms with Gasteiger partial charge in [-0.05, 0) is 24.6 Å². The van der Waals surface area contributed by atoms with Crippen LogP contribution in [0.4, 0.5) is 4.39 Å². The minimum Gasteiger partial charge on any atom is -0.308 e. The van der Waals surface area contributed by atoms with Crippen LogP contribution in [-0.2, 0) is 10.8 Å². The highest BCUT2D eigenvalue weighted by atomic mass is 32.2. The van der Waals surface area contributed by atoms with Crippen molar-refractivity contribution >= 4 is 10.8 Å². The quantitative estimate of drug-likeness (QED) is 0.789. The van der Waals surface area contributed by atoms with Gasteiger partial charge in [-0.15, -0.1) is 0 Å². The van der Waals surface area contributed by atoms with Crippen LogP contribution >= 0.6 is 0 Å². The van der Waals surface area contributed by atoms with E-state index < -0.39 is 10.8 Å². The Balaban J connectivity index is 2.12. The first-order chi connectivity index (χ1) is 7.16. The van der Waals surface area contributed by atoms with Crippen molar-refractivity contribution in [1.82, 2.24) is 5.32 Å². The minimum atomic E-state index is -0.777. The van der Waals surface area contributed by atoms with Gasteiger partial charge in [0.15, 0.2) is 0 Å². The Hall–Kier alpha value is -0.740. The Morgan fingerprint density at radius 1 is 1.40 bits per heavy atom. The van der Waals surface area contributed by atoms with E-state index in [4.69, 9.17) is 0 Å². The molecule has 1 fully saturated rings. The molecule has 1 aromatic rings. The highest BCUT2D eigenvalue weighted by molar-refractivity contribution is 7.85. The molecule has 1 heterocycles. The molecule has 2 nitrogen and oxygen atoms in total. The van der Waals surface area contributed by atoms with Crippen molar-refractivity contribution in [3.63, 3.8) is 0 Å². The summed E-state index contributed by atoms with van der Waals surface area (Å²) in [5, 5.41) is 3.53. The van der Waals surface area contributed by atoms with Crippen LogP contribution < -0.4 is 5.32 Å². The largest absolute Gasteiger partial charge is 0.308 e. The lowest BCUT2D eigenvalue weighted by atomic mass is 10.1. The maximum absolute atomic E-state index is 12.7. The predicted molar refractivity (Wildman–Crippen MR) is 59.6 cm³/mol. The van der Waals surface area contributed by atoms with Crippen LogP contribution in [0.15, 0.2) is 24.3 Å². The first-order valence-electron chi connectivity index (χ1n) is 5.03. The Bertz CT molecular complexity index is 365. The van der Waals surface area contributed by atoms with Crippen molar-refractivity contribution in [1.29, 1.82) is 0 Å². The maximum Gasteiger partial charge on any atom is 0.123 e. The third kappa shape index (κ3) is 2.44. The van der Waals surface area contributed by atoms with Crippen LogP contribution in [0, 0.1) is 5.82 Å². The van der Waals surface area contributed by atoms with E-state index in [1.807, 2.05) is 6.92 Å². The fourth-order valence-electron chi connectivity index (χ4n) is 1.70. The molecule has 1 aliphatic rings. The molecule has 0 radical (unpaired) electrons. The third-order valence-corrected chi connectivity index (χ3v) is 4.43. The third-order valence-electron chi connectivity index (χ3n) is 2.70. The summed E-state index contributed by atoms with van der Waals surface area (Å²) in [6.45, 7) is 2.73. The molecule has 3 unspecified atom stereocenters. The van der Waals surface area contributed by atoms with Gasteiger partial charge in [-0.2, -0.15) is 0 Å². The van der Waals surface area contributed by atoms with E-state index in [9.17, 15) is 8.60 Å². The zero-order valence-electron chi connectivity index (χ0n) is 8.57. The second-order valence-corrected chi connectivity index (χ2v) is 5.77.